The van der Waals surface area contributed by atoms with Gasteiger partial charge in [-0.25, -0.2) is 4.98 Å². The molecule has 1 rings (SSSR count). The van der Waals surface area contributed by atoms with Crippen LogP contribution in [0.4, 0.5) is 13.2 Å². The predicted octanol–water partition coefficient (Wildman–Crippen LogP) is 1.73. The molecule has 0 bridgehead atoms. The Kier molecular flexibility index (Phi) is 3.87. The number of carboxylic acid groups (broad SMARTS) is 1. The number of thiazole rings is 1. The van der Waals surface area contributed by atoms with Gasteiger partial charge < -0.3 is 5.11 Å². The lowest BCUT2D eigenvalue weighted by atomic mass is 10.2. The lowest BCUT2D eigenvalue weighted by Crippen LogP contribution is -2.35. The first-order chi connectivity index (χ1) is 7.31. The zero-order valence-corrected chi connectivity index (χ0v) is 9.02. The molecule has 2 N–H and O–H groups in total. The maximum Gasteiger partial charge on any atom is 0.401 e. The molecule has 0 aliphatic rings. The topological polar surface area (TPSA) is 62.2 Å². The second-order valence-electron chi connectivity index (χ2n) is 3.07. The third-order valence-corrected chi connectivity index (χ3v) is 2.79. The van der Waals surface area contributed by atoms with Crippen molar-refractivity contribution in [2.75, 3.05) is 6.54 Å². The summed E-state index contributed by atoms with van der Waals surface area (Å²) in [5.74, 6) is -1.35. The van der Waals surface area contributed by atoms with Crippen molar-refractivity contribution in [1.29, 1.82) is 0 Å². The number of aryl methyl sites for hydroxylation is 1. The molecule has 0 aliphatic heterocycles. The van der Waals surface area contributed by atoms with E-state index < -0.39 is 24.7 Å². The number of rotatable bonds is 4. The minimum absolute atomic E-state index is 0.289. The first-order valence-electron chi connectivity index (χ1n) is 4.24. The van der Waals surface area contributed by atoms with Gasteiger partial charge in [-0.15, -0.1) is 11.3 Å². The second-order valence-corrected chi connectivity index (χ2v) is 3.96. The van der Waals surface area contributed by atoms with Crippen molar-refractivity contribution >= 4 is 17.3 Å². The van der Waals surface area contributed by atoms with Crippen LogP contribution < -0.4 is 5.32 Å². The number of aromatic nitrogens is 1. The van der Waals surface area contributed by atoms with E-state index >= 15 is 0 Å². The van der Waals surface area contributed by atoms with Crippen LogP contribution in [0.2, 0.25) is 0 Å². The van der Waals surface area contributed by atoms with Crippen LogP contribution in [0.25, 0.3) is 0 Å². The van der Waals surface area contributed by atoms with Crippen LogP contribution in [0.15, 0.2) is 5.51 Å². The summed E-state index contributed by atoms with van der Waals surface area (Å²) in [4.78, 5) is 14.9. The number of hydrogen-bond donors (Lipinski definition) is 2. The summed E-state index contributed by atoms with van der Waals surface area (Å²) < 4.78 is 35.9. The minimum Gasteiger partial charge on any atom is -0.480 e. The van der Waals surface area contributed by atoms with E-state index in [1.165, 1.54) is 5.51 Å². The average Bonchev–Trinajstić information content (AvgIpc) is 2.50. The van der Waals surface area contributed by atoms with Crippen molar-refractivity contribution in [2.24, 2.45) is 0 Å². The predicted molar refractivity (Wildman–Crippen MR) is 51.3 cm³/mol. The van der Waals surface area contributed by atoms with Gasteiger partial charge in [0.2, 0.25) is 0 Å². The van der Waals surface area contributed by atoms with Crippen molar-refractivity contribution in [2.45, 2.75) is 19.1 Å². The smallest absolute Gasteiger partial charge is 0.401 e. The van der Waals surface area contributed by atoms with Crippen LogP contribution in [0.3, 0.4) is 0 Å². The molecule has 0 saturated carbocycles. The normalized spacial score (nSPS) is 13.8. The first kappa shape index (κ1) is 12.9. The fourth-order valence-electron chi connectivity index (χ4n) is 1.10. The van der Waals surface area contributed by atoms with Gasteiger partial charge in [0.05, 0.1) is 22.6 Å². The van der Waals surface area contributed by atoms with Crippen molar-refractivity contribution in [3.05, 3.63) is 16.1 Å². The van der Waals surface area contributed by atoms with Crippen LogP contribution >= 0.6 is 11.3 Å². The molecule has 16 heavy (non-hydrogen) atoms. The van der Waals surface area contributed by atoms with Gasteiger partial charge in [0.1, 0.15) is 6.04 Å². The van der Waals surface area contributed by atoms with Crippen LogP contribution in [0.5, 0.6) is 0 Å². The van der Waals surface area contributed by atoms with Crippen molar-refractivity contribution in [3.63, 3.8) is 0 Å². The highest BCUT2D eigenvalue weighted by Crippen LogP contribution is 2.23. The molecule has 1 unspecified atom stereocenters. The molecular formula is C8H9F3N2O2S. The maximum atomic E-state index is 12.0. The number of hydrogen-bond acceptors (Lipinski definition) is 4. The molecular weight excluding hydrogens is 245 g/mol. The molecule has 0 aliphatic carbocycles. The Hall–Kier alpha value is -1.15. The van der Waals surface area contributed by atoms with E-state index in [0.717, 1.165) is 11.3 Å². The number of carbonyl (C=O) groups is 1. The second kappa shape index (κ2) is 4.79. The molecule has 1 atom stereocenters. The van der Waals surface area contributed by atoms with E-state index in [1.807, 2.05) is 5.32 Å². The molecule has 90 valence electrons. The van der Waals surface area contributed by atoms with Crippen LogP contribution in [-0.2, 0) is 4.79 Å². The van der Waals surface area contributed by atoms with Gasteiger partial charge in [0, 0.05) is 0 Å². The van der Waals surface area contributed by atoms with Gasteiger partial charge in [0.25, 0.3) is 0 Å². The van der Waals surface area contributed by atoms with Gasteiger partial charge in [0.15, 0.2) is 0 Å². The van der Waals surface area contributed by atoms with Gasteiger partial charge in [-0.1, -0.05) is 0 Å². The molecule has 1 heterocycles. The number of aliphatic carboxylic acids is 1. The summed E-state index contributed by atoms with van der Waals surface area (Å²) in [5, 5.41) is 10.8. The quantitative estimate of drug-likeness (QED) is 0.859. The zero-order valence-electron chi connectivity index (χ0n) is 8.21. The number of nitrogens with zero attached hydrogens (tertiary/aromatic N) is 1. The Morgan fingerprint density at radius 1 is 1.69 bits per heavy atom. The maximum absolute atomic E-state index is 12.0. The SMILES string of the molecule is Cc1ncsc1C(NCC(F)(F)F)C(=O)O. The van der Waals surface area contributed by atoms with Gasteiger partial charge in [-0.3, -0.25) is 10.1 Å². The third-order valence-electron chi connectivity index (χ3n) is 1.80. The van der Waals surface area contributed by atoms with Crippen LogP contribution in [0.1, 0.15) is 16.6 Å². The number of halogens is 3. The lowest BCUT2D eigenvalue weighted by Gasteiger charge is -2.14. The summed E-state index contributed by atoms with van der Waals surface area (Å²) >= 11 is 1.01. The van der Waals surface area contributed by atoms with E-state index in [4.69, 9.17) is 5.11 Å². The summed E-state index contributed by atoms with van der Waals surface area (Å²) in [6.45, 7) is 0.207. The van der Waals surface area contributed by atoms with Gasteiger partial charge in [-0.2, -0.15) is 13.2 Å². The van der Waals surface area contributed by atoms with E-state index in [2.05, 4.69) is 4.98 Å². The van der Waals surface area contributed by atoms with Crippen LogP contribution in [-0.4, -0.2) is 28.8 Å². The number of nitrogens with one attached hydrogen (secondary N) is 1. The lowest BCUT2D eigenvalue weighted by molar-refractivity contribution is -0.143. The molecule has 1 aromatic rings. The Bertz CT molecular complexity index is 378. The van der Waals surface area contributed by atoms with Gasteiger partial charge in [-0.05, 0) is 6.92 Å². The molecule has 0 aromatic carbocycles. The minimum atomic E-state index is -4.44. The fraction of sp³-hybridized carbons (Fsp3) is 0.500. The van der Waals surface area contributed by atoms with Crippen molar-refractivity contribution in [1.82, 2.24) is 10.3 Å². The molecule has 0 saturated heterocycles. The summed E-state index contributed by atoms with van der Waals surface area (Å²) in [7, 11) is 0. The van der Waals surface area contributed by atoms with Gasteiger partial charge >= 0.3 is 12.1 Å². The highest BCUT2D eigenvalue weighted by Gasteiger charge is 2.31. The Morgan fingerprint density at radius 3 is 2.69 bits per heavy atom. The monoisotopic (exact) mass is 254 g/mol. The average molecular weight is 254 g/mol. The zero-order chi connectivity index (χ0) is 12.3. The third kappa shape index (κ3) is 3.46. The summed E-state index contributed by atoms with van der Waals surface area (Å²) in [6.07, 6.45) is -4.44. The number of alkyl halides is 3. The Labute approximate surface area is 93.1 Å². The summed E-state index contributed by atoms with van der Waals surface area (Å²) in [6, 6.07) is -1.37. The largest absolute Gasteiger partial charge is 0.480 e. The Morgan fingerprint density at radius 2 is 2.31 bits per heavy atom. The standard InChI is InChI=1S/C8H9F3N2O2S/c1-4-6(16-3-13-4)5(7(14)15)12-2-8(9,10)11/h3,5,12H,2H2,1H3,(H,14,15). The molecule has 0 radical (unpaired) electrons. The molecule has 1 aromatic heterocycles. The van der Waals surface area contributed by atoms with Crippen molar-refractivity contribution < 1.29 is 23.1 Å². The van der Waals surface area contributed by atoms with E-state index in [1.54, 1.807) is 6.92 Å². The summed E-state index contributed by atoms with van der Waals surface area (Å²) in [5.41, 5.74) is 1.82. The molecule has 0 amide bonds. The Balaban J connectivity index is 2.78. The van der Waals surface area contributed by atoms with E-state index in [9.17, 15) is 18.0 Å². The molecule has 4 nitrogen and oxygen atoms in total. The van der Waals surface area contributed by atoms with E-state index in [0.29, 0.717) is 5.69 Å². The highest BCUT2D eigenvalue weighted by molar-refractivity contribution is 7.10. The first-order valence-corrected chi connectivity index (χ1v) is 5.12. The number of carboxylic acids is 1. The molecule has 0 fully saturated rings. The van der Waals surface area contributed by atoms with Crippen LogP contribution in [0, 0.1) is 6.92 Å². The highest BCUT2D eigenvalue weighted by atomic mass is 32.1. The van der Waals surface area contributed by atoms with E-state index in [-0.39, 0.29) is 4.88 Å². The van der Waals surface area contributed by atoms with Crippen molar-refractivity contribution in [3.8, 4) is 0 Å². The molecule has 0 spiro atoms. The fourth-order valence-corrected chi connectivity index (χ4v) is 1.97. The molecule has 8 heteroatoms.